The summed E-state index contributed by atoms with van der Waals surface area (Å²) < 4.78 is 7.52. The van der Waals surface area contributed by atoms with Gasteiger partial charge in [0.1, 0.15) is 0 Å². The van der Waals surface area contributed by atoms with Crippen molar-refractivity contribution < 1.29 is 0 Å². The van der Waals surface area contributed by atoms with Crippen molar-refractivity contribution in [3.05, 3.63) is 133 Å². The summed E-state index contributed by atoms with van der Waals surface area (Å²) >= 11 is 1.89. The molecular weight excluding hydrogens is 541 g/mol. The lowest BCUT2D eigenvalue weighted by molar-refractivity contribution is 1.19. The molecule has 0 N–H and O–H groups in total. The molecule has 0 aliphatic carbocycles. The molecule has 11 rings (SSSR count). The van der Waals surface area contributed by atoms with Gasteiger partial charge in [0.15, 0.2) is 0 Å². The summed E-state index contributed by atoms with van der Waals surface area (Å²) in [6, 6.07) is 49.7. The zero-order chi connectivity index (χ0) is 27.8. The highest BCUT2D eigenvalue weighted by molar-refractivity contribution is 7.25. The zero-order valence-corrected chi connectivity index (χ0v) is 23.8. The molecular formula is C40H22N2S. The van der Waals surface area contributed by atoms with Gasteiger partial charge in [-0.1, -0.05) is 84.9 Å². The highest BCUT2D eigenvalue weighted by atomic mass is 32.1. The van der Waals surface area contributed by atoms with Crippen molar-refractivity contribution >= 4 is 96.7 Å². The van der Waals surface area contributed by atoms with Crippen LogP contribution < -0.4 is 0 Å². The molecule has 0 fully saturated rings. The van der Waals surface area contributed by atoms with Crippen LogP contribution in [0, 0.1) is 0 Å². The highest BCUT2D eigenvalue weighted by Gasteiger charge is 2.19. The van der Waals surface area contributed by atoms with Crippen molar-refractivity contribution in [1.82, 2.24) is 9.13 Å². The molecule has 3 heterocycles. The molecule has 0 radical (unpaired) electrons. The van der Waals surface area contributed by atoms with Crippen LogP contribution >= 0.6 is 11.3 Å². The third kappa shape index (κ3) is 2.74. The van der Waals surface area contributed by atoms with Crippen LogP contribution in [0.3, 0.4) is 0 Å². The summed E-state index contributed by atoms with van der Waals surface area (Å²) in [5.74, 6) is 0. The molecule has 0 aliphatic heterocycles. The first-order valence-corrected chi connectivity index (χ1v) is 15.6. The van der Waals surface area contributed by atoms with Gasteiger partial charge < -0.3 is 9.13 Å². The monoisotopic (exact) mass is 562 g/mol. The van der Waals surface area contributed by atoms with Crippen LogP contribution in [0.2, 0.25) is 0 Å². The van der Waals surface area contributed by atoms with Crippen molar-refractivity contribution in [2.24, 2.45) is 0 Å². The van der Waals surface area contributed by atoms with Crippen LogP contribution in [0.5, 0.6) is 0 Å². The Hall–Kier alpha value is -5.38. The molecule has 0 bridgehead atoms. The summed E-state index contributed by atoms with van der Waals surface area (Å²) in [4.78, 5) is 0. The maximum Gasteiger partial charge on any atom is 0.0547 e. The van der Waals surface area contributed by atoms with E-state index in [0.717, 1.165) is 0 Å². The molecule has 2 nitrogen and oxygen atoms in total. The maximum atomic E-state index is 2.45. The van der Waals surface area contributed by atoms with Gasteiger partial charge in [0.05, 0.1) is 22.1 Å². The summed E-state index contributed by atoms with van der Waals surface area (Å²) in [5.41, 5.74) is 7.49. The van der Waals surface area contributed by atoms with Gasteiger partial charge in [-0.2, -0.15) is 0 Å². The molecule has 3 heteroatoms. The number of hydrogen-bond donors (Lipinski definition) is 0. The van der Waals surface area contributed by atoms with E-state index in [2.05, 4.69) is 143 Å². The normalized spacial score (nSPS) is 12.7. The molecule has 0 saturated carbocycles. The van der Waals surface area contributed by atoms with E-state index in [9.17, 15) is 0 Å². The Bertz CT molecular complexity index is 2560. The number of aromatic nitrogens is 2. The number of benzene rings is 8. The van der Waals surface area contributed by atoms with Crippen molar-refractivity contribution in [2.45, 2.75) is 0 Å². The molecule has 0 unspecified atom stereocenters. The molecule has 8 aromatic carbocycles. The van der Waals surface area contributed by atoms with E-state index < -0.39 is 0 Å². The van der Waals surface area contributed by atoms with Crippen molar-refractivity contribution in [1.29, 1.82) is 0 Å². The molecule has 11 aromatic rings. The Morgan fingerprint density at radius 1 is 0.349 bits per heavy atom. The second kappa shape index (κ2) is 7.71. The molecule has 0 spiro atoms. The van der Waals surface area contributed by atoms with Crippen molar-refractivity contribution in [3.63, 3.8) is 0 Å². The quantitative estimate of drug-likeness (QED) is 0.185. The highest BCUT2D eigenvalue weighted by Crippen LogP contribution is 2.43. The average Bonchev–Trinajstić information content (AvgIpc) is 3.71. The lowest BCUT2D eigenvalue weighted by Crippen LogP contribution is -1.93. The smallest absolute Gasteiger partial charge is 0.0547 e. The first-order chi connectivity index (χ1) is 21.3. The Labute approximate surface area is 249 Å². The van der Waals surface area contributed by atoms with Gasteiger partial charge in [-0.15, -0.1) is 11.3 Å². The molecule has 198 valence electrons. The standard InChI is InChI=1S/C40H22N2S/c1-5-23-13-14-24-6-2-10-32-38(24)37(23)31(9-1)41(32)27-17-19-29-30-20-18-28(22-36(30)43-35(29)21-27)42-33-11-3-7-25-15-16-26-8-4-12-34(42)40(26)39(25)33/h1-22H. The Kier molecular flexibility index (Phi) is 3.99. The number of hydrogen-bond acceptors (Lipinski definition) is 1. The molecule has 0 aliphatic rings. The van der Waals surface area contributed by atoms with E-state index in [1.165, 1.54) is 96.7 Å². The van der Waals surface area contributed by atoms with E-state index in [1.807, 2.05) is 11.3 Å². The van der Waals surface area contributed by atoms with E-state index in [-0.39, 0.29) is 0 Å². The van der Waals surface area contributed by atoms with Gasteiger partial charge in [0.25, 0.3) is 0 Å². The fourth-order valence-corrected chi connectivity index (χ4v) is 9.00. The average molecular weight is 563 g/mol. The maximum absolute atomic E-state index is 2.45. The van der Waals surface area contributed by atoms with Gasteiger partial charge in [0, 0.05) is 53.1 Å². The predicted octanol–water partition coefficient (Wildman–Crippen LogP) is 11.4. The third-order valence-electron chi connectivity index (χ3n) is 9.60. The van der Waals surface area contributed by atoms with Crippen molar-refractivity contribution in [2.75, 3.05) is 0 Å². The van der Waals surface area contributed by atoms with Gasteiger partial charge in [0.2, 0.25) is 0 Å². The minimum absolute atomic E-state index is 1.21. The van der Waals surface area contributed by atoms with E-state index >= 15 is 0 Å². The minimum atomic E-state index is 1.21. The SMILES string of the molecule is c1cc2ccc3cccc4c3c2c(c1)n4-c1ccc2c(c1)sc1cc(-n3c4cccc5ccc6cccc3c6c54)ccc12. The largest absolute Gasteiger partial charge is 0.309 e. The second-order valence-electron chi connectivity index (χ2n) is 11.8. The van der Waals surface area contributed by atoms with Crippen molar-refractivity contribution in [3.8, 4) is 11.4 Å². The summed E-state index contributed by atoms with van der Waals surface area (Å²) in [6.07, 6.45) is 0. The predicted molar refractivity (Wildman–Crippen MR) is 185 cm³/mol. The van der Waals surface area contributed by atoms with Crippen LogP contribution in [-0.2, 0) is 0 Å². The van der Waals surface area contributed by atoms with Gasteiger partial charge >= 0.3 is 0 Å². The first kappa shape index (κ1) is 22.2. The van der Waals surface area contributed by atoms with Crippen LogP contribution in [0.1, 0.15) is 0 Å². The number of rotatable bonds is 2. The molecule has 43 heavy (non-hydrogen) atoms. The summed E-state index contributed by atoms with van der Waals surface area (Å²) in [7, 11) is 0. The molecule has 3 aromatic heterocycles. The summed E-state index contributed by atoms with van der Waals surface area (Å²) in [6.45, 7) is 0. The van der Waals surface area contributed by atoms with E-state index in [4.69, 9.17) is 0 Å². The fraction of sp³-hybridized carbons (Fsp3) is 0. The van der Waals surface area contributed by atoms with Crippen LogP contribution in [0.4, 0.5) is 0 Å². The fourth-order valence-electron chi connectivity index (χ4n) is 7.83. The lowest BCUT2D eigenvalue weighted by Gasteiger charge is -2.08. The first-order valence-electron chi connectivity index (χ1n) is 14.8. The van der Waals surface area contributed by atoms with E-state index in [1.54, 1.807) is 0 Å². The van der Waals surface area contributed by atoms with Crippen LogP contribution in [0.15, 0.2) is 133 Å². The third-order valence-corrected chi connectivity index (χ3v) is 10.7. The lowest BCUT2D eigenvalue weighted by atomic mass is 10.0. The molecule has 0 amide bonds. The van der Waals surface area contributed by atoms with Crippen LogP contribution in [-0.4, -0.2) is 9.13 Å². The van der Waals surface area contributed by atoms with E-state index in [0.29, 0.717) is 0 Å². The number of nitrogens with zero attached hydrogens (tertiary/aromatic N) is 2. The topological polar surface area (TPSA) is 9.86 Å². The molecule has 0 atom stereocenters. The zero-order valence-electron chi connectivity index (χ0n) is 23.0. The summed E-state index contributed by atoms with van der Waals surface area (Å²) in [5, 5.41) is 13.2. The Morgan fingerprint density at radius 2 is 0.698 bits per heavy atom. The van der Waals surface area contributed by atoms with Gasteiger partial charge in [-0.25, -0.2) is 0 Å². The Balaban J connectivity index is 1.15. The second-order valence-corrected chi connectivity index (χ2v) is 12.8. The Morgan fingerprint density at radius 3 is 1.05 bits per heavy atom. The minimum Gasteiger partial charge on any atom is -0.309 e. The number of fused-ring (bicyclic) bond motifs is 3. The van der Waals surface area contributed by atoms with Crippen LogP contribution in [0.25, 0.3) is 96.7 Å². The van der Waals surface area contributed by atoms with Gasteiger partial charge in [-0.3, -0.25) is 0 Å². The molecule has 0 saturated heterocycles. The van der Waals surface area contributed by atoms with Gasteiger partial charge in [-0.05, 0) is 70.1 Å². The number of thiophene rings is 1.